The molecule has 0 heterocycles. The Hall–Kier alpha value is -3.07. The number of hydrogen-bond donors (Lipinski definition) is 2. The number of carbonyl (C=O) groups is 2. The van der Waals surface area contributed by atoms with Gasteiger partial charge in [-0.1, -0.05) is 12.1 Å². The van der Waals surface area contributed by atoms with Gasteiger partial charge >= 0.3 is 11.9 Å². The fourth-order valence-electron chi connectivity index (χ4n) is 2.33. The second kappa shape index (κ2) is 9.23. The molecule has 0 radical (unpaired) electrons. The van der Waals surface area contributed by atoms with Crippen molar-refractivity contribution in [3.63, 3.8) is 0 Å². The minimum absolute atomic E-state index is 0.0869. The lowest BCUT2D eigenvalue weighted by Crippen LogP contribution is -2.17. The number of aromatic hydroxyl groups is 1. The number of carboxylic acid groups (broad SMARTS) is 1. The van der Waals surface area contributed by atoms with Crippen LogP contribution in [-0.4, -0.2) is 49.5 Å². The average Bonchev–Trinajstić information content (AvgIpc) is 2.63. The van der Waals surface area contributed by atoms with E-state index in [1.807, 2.05) is 0 Å². The van der Waals surface area contributed by atoms with Crippen molar-refractivity contribution in [1.82, 2.24) is 0 Å². The van der Waals surface area contributed by atoms with Gasteiger partial charge in [0.1, 0.15) is 17.1 Å². The lowest BCUT2D eigenvalue weighted by Gasteiger charge is -2.09. The molecule has 0 aliphatic heterocycles. The van der Waals surface area contributed by atoms with Crippen LogP contribution in [-0.2, 0) is 19.4 Å². The molecule has 0 bridgehead atoms. The number of aromatic carboxylic acids is 1. The molecule has 2 N–H and O–H groups in total. The van der Waals surface area contributed by atoms with Crippen molar-refractivity contribution < 1.29 is 37.7 Å². The van der Waals surface area contributed by atoms with Gasteiger partial charge < -0.3 is 19.7 Å². The SMILES string of the molecule is Cc1cccc(S(=O)(=O)CCCOC(=O)COc2ccc(C(=O)O)c(O)c2)c1. The minimum atomic E-state index is -3.45. The summed E-state index contributed by atoms with van der Waals surface area (Å²) in [7, 11) is -3.45. The van der Waals surface area contributed by atoms with E-state index in [1.54, 1.807) is 25.1 Å². The molecule has 0 fully saturated rings. The lowest BCUT2D eigenvalue weighted by molar-refractivity contribution is -0.146. The highest BCUT2D eigenvalue weighted by Crippen LogP contribution is 2.23. The minimum Gasteiger partial charge on any atom is -0.507 e. The Labute approximate surface area is 162 Å². The van der Waals surface area contributed by atoms with Crippen LogP contribution >= 0.6 is 0 Å². The highest BCUT2D eigenvalue weighted by atomic mass is 32.2. The second-order valence-electron chi connectivity index (χ2n) is 5.98. The summed E-state index contributed by atoms with van der Waals surface area (Å²) in [6.45, 7) is 1.25. The fraction of sp³-hybridized carbons (Fsp3) is 0.263. The first-order valence-corrected chi connectivity index (χ1v) is 9.98. The molecule has 2 rings (SSSR count). The van der Waals surface area contributed by atoms with Crippen LogP contribution in [0, 0.1) is 6.92 Å². The smallest absolute Gasteiger partial charge is 0.344 e. The van der Waals surface area contributed by atoms with Crippen LogP contribution in [0.3, 0.4) is 0 Å². The predicted molar refractivity (Wildman–Crippen MR) is 99.4 cm³/mol. The number of aryl methyl sites for hydroxylation is 1. The molecule has 9 heteroatoms. The van der Waals surface area contributed by atoms with Crippen LogP contribution in [0.25, 0.3) is 0 Å². The van der Waals surface area contributed by atoms with Crippen LogP contribution in [0.4, 0.5) is 0 Å². The summed E-state index contributed by atoms with van der Waals surface area (Å²) in [4.78, 5) is 22.7. The predicted octanol–water partition coefficient (Wildman–Crippen LogP) is 2.18. The Balaban J connectivity index is 1.76. The molecule has 0 aliphatic carbocycles. The van der Waals surface area contributed by atoms with Crippen molar-refractivity contribution >= 4 is 21.8 Å². The Morgan fingerprint density at radius 3 is 2.50 bits per heavy atom. The molecule has 0 unspecified atom stereocenters. The van der Waals surface area contributed by atoms with E-state index >= 15 is 0 Å². The van der Waals surface area contributed by atoms with E-state index < -0.39 is 34.1 Å². The quantitative estimate of drug-likeness (QED) is 0.477. The molecular weight excluding hydrogens is 388 g/mol. The zero-order valence-corrected chi connectivity index (χ0v) is 15.9. The summed E-state index contributed by atoms with van der Waals surface area (Å²) in [6.07, 6.45) is 0.135. The zero-order valence-electron chi connectivity index (χ0n) is 15.1. The Morgan fingerprint density at radius 1 is 1.11 bits per heavy atom. The van der Waals surface area contributed by atoms with Crippen LogP contribution in [0.2, 0.25) is 0 Å². The molecule has 28 heavy (non-hydrogen) atoms. The first-order chi connectivity index (χ1) is 13.2. The number of phenols is 1. The number of esters is 1. The van der Waals surface area contributed by atoms with Crippen LogP contribution in [0.15, 0.2) is 47.4 Å². The number of rotatable bonds is 9. The van der Waals surface area contributed by atoms with Gasteiger partial charge in [-0.3, -0.25) is 0 Å². The molecule has 2 aromatic rings. The van der Waals surface area contributed by atoms with Crippen molar-refractivity contribution in [2.24, 2.45) is 0 Å². The van der Waals surface area contributed by atoms with Crippen molar-refractivity contribution in [1.29, 1.82) is 0 Å². The maximum Gasteiger partial charge on any atom is 0.344 e. The molecule has 0 saturated heterocycles. The normalized spacial score (nSPS) is 11.0. The largest absolute Gasteiger partial charge is 0.507 e. The van der Waals surface area contributed by atoms with E-state index in [0.29, 0.717) is 0 Å². The van der Waals surface area contributed by atoms with Gasteiger partial charge in [0.2, 0.25) is 0 Å². The maximum atomic E-state index is 12.2. The number of carboxylic acids is 1. The molecular formula is C19H20O8S. The molecule has 8 nitrogen and oxygen atoms in total. The third-order valence-electron chi connectivity index (χ3n) is 3.73. The Morgan fingerprint density at radius 2 is 1.86 bits per heavy atom. The first kappa shape index (κ1) is 21.2. The van der Waals surface area contributed by atoms with Gasteiger partial charge in [0.25, 0.3) is 0 Å². The standard InChI is InChI=1S/C19H20O8S/c1-13-4-2-5-15(10-13)28(24,25)9-3-8-26-18(21)12-27-14-6-7-16(19(22)23)17(20)11-14/h2,4-7,10-11,20H,3,8-9,12H2,1H3,(H,22,23). The van der Waals surface area contributed by atoms with Gasteiger partial charge in [0, 0.05) is 6.07 Å². The summed E-state index contributed by atoms with van der Waals surface area (Å²) in [6, 6.07) is 10.1. The molecule has 0 aliphatic rings. The number of ether oxygens (including phenoxy) is 2. The number of carbonyl (C=O) groups excluding carboxylic acids is 1. The molecule has 0 saturated carbocycles. The van der Waals surface area contributed by atoms with Gasteiger partial charge in [-0.25, -0.2) is 18.0 Å². The van der Waals surface area contributed by atoms with Crippen LogP contribution in [0.5, 0.6) is 11.5 Å². The molecule has 0 spiro atoms. The average molecular weight is 408 g/mol. The monoisotopic (exact) mass is 408 g/mol. The van der Waals surface area contributed by atoms with Crippen LogP contribution in [0.1, 0.15) is 22.3 Å². The molecule has 150 valence electrons. The van der Waals surface area contributed by atoms with E-state index in [0.717, 1.165) is 17.7 Å². The molecule has 0 aromatic heterocycles. The van der Waals surface area contributed by atoms with E-state index in [2.05, 4.69) is 0 Å². The fourth-order valence-corrected chi connectivity index (χ4v) is 3.71. The Kier molecular flexibility index (Phi) is 7.00. The van der Waals surface area contributed by atoms with Crippen molar-refractivity contribution in [3.8, 4) is 11.5 Å². The van der Waals surface area contributed by atoms with Gasteiger partial charge in [-0.2, -0.15) is 0 Å². The highest BCUT2D eigenvalue weighted by molar-refractivity contribution is 7.91. The van der Waals surface area contributed by atoms with Crippen molar-refractivity contribution in [2.45, 2.75) is 18.2 Å². The number of hydrogen-bond acceptors (Lipinski definition) is 7. The van der Waals surface area contributed by atoms with E-state index in [4.69, 9.17) is 14.6 Å². The van der Waals surface area contributed by atoms with Gasteiger partial charge in [-0.15, -0.1) is 0 Å². The zero-order chi connectivity index (χ0) is 20.7. The van der Waals surface area contributed by atoms with E-state index in [-0.39, 0.29) is 35.0 Å². The summed E-state index contributed by atoms with van der Waals surface area (Å²) in [5, 5.41) is 18.4. The summed E-state index contributed by atoms with van der Waals surface area (Å²) >= 11 is 0. The summed E-state index contributed by atoms with van der Waals surface area (Å²) in [5.41, 5.74) is 0.553. The van der Waals surface area contributed by atoms with Gasteiger partial charge in [0.05, 0.1) is 17.3 Å². The summed E-state index contributed by atoms with van der Waals surface area (Å²) < 4.78 is 34.5. The highest BCUT2D eigenvalue weighted by Gasteiger charge is 2.15. The third kappa shape index (κ3) is 5.98. The van der Waals surface area contributed by atoms with Gasteiger partial charge in [-0.05, 0) is 43.2 Å². The van der Waals surface area contributed by atoms with E-state index in [9.17, 15) is 23.1 Å². The van der Waals surface area contributed by atoms with E-state index in [1.165, 1.54) is 12.1 Å². The third-order valence-corrected chi connectivity index (χ3v) is 5.52. The number of benzene rings is 2. The molecule has 0 atom stereocenters. The second-order valence-corrected chi connectivity index (χ2v) is 8.09. The molecule has 2 aromatic carbocycles. The number of sulfone groups is 1. The lowest BCUT2D eigenvalue weighted by atomic mass is 10.2. The Bertz CT molecular complexity index is 966. The van der Waals surface area contributed by atoms with Crippen molar-refractivity contribution in [2.75, 3.05) is 19.0 Å². The van der Waals surface area contributed by atoms with Crippen LogP contribution < -0.4 is 4.74 Å². The maximum absolute atomic E-state index is 12.2. The molecule has 0 amide bonds. The summed E-state index contributed by atoms with van der Waals surface area (Å²) in [5.74, 6) is -2.55. The first-order valence-electron chi connectivity index (χ1n) is 8.33. The van der Waals surface area contributed by atoms with Gasteiger partial charge in [0.15, 0.2) is 16.4 Å². The van der Waals surface area contributed by atoms with Crippen molar-refractivity contribution in [3.05, 3.63) is 53.6 Å². The topological polar surface area (TPSA) is 127 Å².